The molecule has 6 nitrogen and oxygen atoms in total. The molecule has 0 radical (unpaired) electrons. The van der Waals surface area contributed by atoms with Crippen LogP contribution in [0, 0.1) is 0 Å². The summed E-state index contributed by atoms with van der Waals surface area (Å²) < 4.78 is 16.9. The zero-order valence-electron chi connectivity index (χ0n) is 46.5. The highest BCUT2D eigenvalue weighted by Crippen LogP contribution is 2.14. The monoisotopic (exact) mass is 987 g/mol. The molecule has 0 spiro atoms. The summed E-state index contributed by atoms with van der Waals surface area (Å²) in [7, 11) is 0. The van der Waals surface area contributed by atoms with Crippen molar-refractivity contribution in [3.05, 3.63) is 97.2 Å². The second-order valence-electron chi connectivity index (χ2n) is 19.5. The predicted octanol–water partition coefficient (Wildman–Crippen LogP) is 20.1. The van der Waals surface area contributed by atoms with Crippen molar-refractivity contribution in [2.45, 2.75) is 284 Å². The van der Waals surface area contributed by atoms with Gasteiger partial charge < -0.3 is 14.2 Å². The lowest BCUT2D eigenvalue weighted by atomic mass is 10.1. The van der Waals surface area contributed by atoms with Gasteiger partial charge in [0.25, 0.3) is 0 Å². The highest BCUT2D eigenvalue weighted by atomic mass is 16.6. The lowest BCUT2D eigenvalue weighted by Crippen LogP contribution is -2.30. The molecule has 406 valence electrons. The topological polar surface area (TPSA) is 78.9 Å². The zero-order chi connectivity index (χ0) is 51.4. The predicted molar refractivity (Wildman–Crippen MR) is 307 cm³/mol. The number of hydrogen-bond acceptors (Lipinski definition) is 6. The van der Waals surface area contributed by atoms with Crippen molar-refractivity contribution in [1.29, 1.82) is 0 Å². The van der Waals surface area contributed by atoms with Crippen LogP contribution < -0.4 is 0 Å². The molecule has 6 heteroatoms. The number of allylic oxidation sites excluding steroid dienone is 16. The molecule has 0 N–H and O–H groups in total. The van der Waals surface area contributed by atoms with Crippen molar-refractivity contribution < 1.29 is 28.6 Å². The Hall–Kier alpha value is -3.67. The van der Waals surface area contributed by atoms with Gasteiger partial charge in [0, 0.05) is 19.3 Å². The first-order chi connectivity index (χ1) is 35.0. The normalized spacial score (nSPS) is 12.8. The smallest absolute Gasteiger partial charge is 0.306 e. The fraction of sp³-hybridized carbons (Fsp3) is 0.708. The van der Waals surface area contributed by atoms with Crippen molar-refractivity contribution >= 4 is 17.9 Å². The minimum atomic E-state index is -0.796. The molecular formula is C65H110O6. The first-order valence-corrected chi connectivity index (χ1v) is 29.7. The van der Waals surface area contributed by atoms with E-state index in [2.05, 4.69) is 118 Å². The number of esters is 3. The van der Waals surface area contributed by atoms with Gasteiger partial charge in [0.15, 0.2) is 6.10 Å². The molecule has 71 heavy (non-hydrogen) atoms. The number of ether oxygens (including phenoxy) is 3. The molecule has 0 amide bonds. The van der Waals surface area contributed by atoms with Crippen LogP contribution in [-0.2, 0) is 28.6 Å². The molecule has 1 atom stereocenters. The van der Waals surface area contributed by atoms with E-state index >= 15 is 0 Å². The average Bonchev–Trinajstić information content (AvgIpc) is 3.37. The second kappa shape index (κ2) is 58.9. The van der Waals surface area contributed by atoms with Crippen LogP contribution in [0.25, 0.3) is 0 Å². The Morgan fingerprint density at radius 2 is 0.549 bits per heavy atom. The zero-order valence-corrected chi connectivity index (χ0v) is 46.5. The lowest BCUT2D eigenvalue weighted by molar-refractivity contribution is -0.167. The fourth-order valence-corrected chi connectivity index (χ4v) is 8.08. The van der Waals surface area contributed by atoms with E-state index in [0.717, 1.165) is 141 Å². The third kappa shape index (κ3) is 57.1. The summed E-state index contributed by atoms with van der Waals surface area (Å²) in [6.07, 6.45) is 78.2. The van der Waals surface area contributed by atoms with E-state index in [4.69, 9.17) is 14.2 Å². The van der Waals surface area contributed by atoms with Gasteiger partial charge in [-0.15, -0.1) is 0 Å². The van der Waals surface area contributed by atoms with Gasteiger partial charge in [-0.25, -0.2) is 0 Å². The van der Waals surface area contributed by atoms with E-state index < -0.39 is 6.10 Å². The maximum absolute atomic E-state index is 12.9. The highest BCUT2D eigenvalue weighted by Gasteiger charge is 2.19. The first kappa shape index (κ1) is 67.3. The van der Waals surface area contributed by atoms with Crippen LogP contribution in [0.4, 0.5) is 0 Å². The summed E-state index contributed by atoms with van der Waals surface area (Å²) in [6.45, 7) is 6.47. The molecule has 0 heterocycles. The van der Waals surface area contributed by atoms with Crippen LogP contribution in [0.1, 0.15) is 278 Å². The van der Waals surface area contributed by atoms with E-state index in [1.807, 2.05) is 0 Å². The molecule has 1 unspecified atom stereocenters. The molecule has 0 aromatic carbocycles. The van der Waals surface area contributed by atoms with Crippen LogP contribution in [0.15, 0.2) is 97.2 Å². The average molecular weight is 988 g/mol. The maximum atomic E-state index is 12.9. The maximum Gasteiger partial charge on any atom is 0.306 e. The Labute approximate surface area is 438 Å². The third-order valence-electron chi connectivity index (χ3n) is 12.5. The lowest BCUT2D eigenvalue weighted by Gasteiger charge is -2.18. The van der Waals surface area contributed by atoms with Crippen molar-refractivity contribution in [2.75, 3.05) is 13.2 Å². The van der Waals surface area contributed by atoms with E-state index in [1.54, 1.807) is 0 Å². The Morgan fingerprint density at radius 1 is 0.296 bits per heavy atom. The largest absolute Gasteiger partial charge is 0.462 e. The number of hydrogen-bond donors (Lipinski definition) is 0. The van der Waals surface area contributed by atoms with Crippen LogP contribution in [-0.4, -0.2) is 37.2 Å². The van der Waals surface area contributed by atoms with Crippen LogP contribution >= 0.6 is 0 Å². The van der Waals surface area contributed by atoms with Gasteiger partial charge >= 0.3 is 17.9 Å². The Balaban J connectivity index is 4.43. The summed E-state index contributed by atoms with van der Waals surface area (Å²) in [6, 6.07) is 0. The summed E-state index contributed by atoms with van der Waals surface area (Å²) in [4.78, 5) is 38.2. The molecule has 0 aliphatic heterocycles. The summed E-state index contributed by atoms with van der Waals surface area (Å²) in [5.41, 5.74) is 0. The summed E-state index contributed by atoms with van der Waals surface area (Å²) in [5, 5.41) is 0. The van der Waals surface area contributed by atoms with Crippen LogP contribution in [0.3, 0.4) is 0 Å². The Bertz CT molecular complexity index is 1410. The van der Waals surface area contributed by atoms with Gasteiger partial charge in [0.1, 0.15) is 13.2 Å². The van der Waals surface area contributed by atoms with Crippen molar-refractivity contribution in [3.8, 4) is 0 Å². The van der Waals surface area contributed by atoms with Gasteiger partial charge in [0.05, 0.1) is 0 Å². The summed E-state index contributed by atoms with van der Waals surface area (Å²) in [5.74, 6) is -0.922. The molecule has 0 aromatic heterocycles. The number of carbonyl (C=O) groups excluding carboxylic acids is 3. The van der Waals surface area contributed by atoms with Crippen LogP contribution in [0.5, 0.6) is 0 Å². The van der Waals surface area contributed by atoms with Crippen LogP contribution in [0.2, 0.25) is 0 Å². The summed E-state index contributed by atoms with van der Waals surface area (Å²) >= 11 is 0. The van der Waals surface area contributed by atoms with Gasteiger partial charge in [-0.05, 0) is 122 Å². The molecule has 0 rings (SSSR count). The fourth-order valence-electron chi connectivity index (χ4n) is 8.08. The standard InChI is InChI=1S/C65H110O6/c1-4-7-10-13-16-19-22-25-28-31-32-33-34-35-38-40-43-46-49-52-55-58-64(67)70-61-62(71-65(68)59-56-53-50-47-44-41-37-30-27-24-21-18-15-12-9-6-3)60-69-63(66)57-54-51-48-45-42-39-36-29-26-23-20-17-14-11-8-5-2/h7,10,16,19-21,23-25,28-30,32-33,36-37,62H,4-6,8-9,11-15,17-18,22,26-27,31,34-35,38-61H2,1-3H3/b10-7-,19-16-,23-20-,24-21-,28-25-,33-32-,36-29-,37-30-. The molecule has 0 aliphatic rings. The molecule has 0 aliphatic carbocycles. The number of carbonyl (C=O) groups is 3. The first-order valence-electron chi connectivity index (χ1n) is 29.7. The minimum absolute atomic E-state index is 0.0924. The van der Waals surface area contributed by atoms with E-state index in [0.29, 0.717) is 19.3 Å². The van der Waals surface area contributed by atoms with Crippen molar-refractivity contribution in [1.82, 2.24) is 0 Å². The molecule has 0 bridgehead atoms. The van der Waals surface area contributed by atoms with Gasteiger partial charge in [-0.1, -0.05) is 234 Å². The van der Waals surface area contributed by atoms with Gasteiger partial charge in [0.2, 0.25) is 0 Å². The molecule has 0 aromatic rings. The van der Waals surface area contributed by atoms with E-state index in [1.165, 1.54) is 96.3 Å². The molecule has 0 saturated heterocycles. The van der Waals surface area contributed by atoms with Gasteiger partial charge in [-0.3, -0.25) is 14.4 Å². The van der Waals surface area contributed by atoms with E-state index in [9.17, 15) is 14.4 Å². The number of unbranched alkanes of at least 4 members (excludes halogenated alkanes) is 26. The Kier molecular flexibility index (Phi) is 55.9. The van der Waals surface area contributed by atoms with Crippen molar-refractivity contribution in [3.63, 3.8) is 0 Å². The quantitative estimate of drug-likeness (QED) is 0.0261. The molecule has 0 fully saturated rings. The highest BCUT2D eigenvalue weighted by molar-refractivity contribution is 5.71. The van der Waals surface area contributed by atoms with Crippen molar-refractivity contribution in [2.24, 2.45) is 0 Å². The van der Waals surface area contributed by atoms with Gasteiger partial charge in [-0.2, -0.15) is 0 Å². The SMILES string of the molecule is CC/C=C\C/C=C\C/C=C\C/C=C\CCCCCCCCCCC(=O)OCC(COC(=O)CCCCCCC/C=C\C/C=C\CCCCCC)OC(=O)CCCCCCC/C=C\C/C=C\CCCCCC. The molecular weight excluding hydrogens is 877 g/mol. The Morgan fingerprint density at radius 3 is 0.859 bits per heavy atom. The third-order valence-corrected chi connectivity index (χ3v) is 12.5. The minimum Gasteiger partial charge on any atom is -0.462 e. The molecule has 0 saturated carbocycles. The van der Waals surface area contributed by atoms with E-state index in [-0.39, 0.29) is 31.1 Å². The number of rotatable bonds is 53. The second-order valence-corrected chi connectivity index (χ2v) is 19.5.